The SMILES string of the molecule is CCC(CN)CC(=O)NC(C)c1ncc(C)s1. The van der Waals surface area contributed by atoms with Crippen molar-refractivity contribution < 1.29 is 4.79 Å². The van der Waals surface area contributed by atoms with Crippen molar-refractivity contribution in [1.29, 1.82) is 0 Å². The van der Waals surface area contributed by atoms with E-state index < -0.39 is 0 Å². The lowest BCUT2D eigenvalue weighted by Crippen LogP contribution is -2.30. The molecule has 17 heavy (non-hydrogen) atoms. The number of carbonyl (C=O) groups is 1. The maximum Gasteiger partial charge on any atom is 0.220 e. The van der Waals surface area contributed by atoms with E-state index in [1.54, 1.807) is 11.3 Å². The van der Waals surface area contributed by atoms with E-state index >= 15 is 0 Å². The molecule has 1 rings (SSSR count). The summed E-state index contributed by atoms with van der Waals surface area (Å²) in [5, 5.41) is 3.92. The van der Waals surface area contributed by atoms with Crippen LogP contribution < -0.4 is 11.1 Å². The molecule has 0 saturated heterocycles. The van der Waals surface area contributed by atoms with Gasteiger partial charge in [-0.2, -0.15) is 0 Å². The van der Waals surface area contributed by atoms with Crippen molar-refractivity contribution in [2.24, 2.45) is 11.7 Å². The molecule has 0 aromatic carbocycles. The summed E-state index contributed by atoms with van der Waals surface area (Å²) < 4.78 is 0. The highest BCUT2D eigenvalue weighted by Crippen LogP contribution is 2.19. The number of carbonyl (C=O) groups excluding carboxylic acids is 1. The standard InChI is InChI=1S/C12H21N3OS/c1-4-10(6-13)5-11(16)15-9(3)12-14-7-8(2)17-12/h7,9-10H,4-6,13H2,1-3H3,(H,15,16). The monoisotopic (exact) mass is 255 g/mol. The predicted molar refractivity (Wildman–Crippen MR) is 70.9 cm³/mol. The predicted octanol–water partition coefficient (Wildman–Crippen LogP) is 2.00. The van der Waals surface area contributed by atoms with Gasteiger partial charge < -0.3 is 11.1 Å². The molecule has 0 bridgehead atoms. The van der Waals surface area contributed by atoms with Gasteiger partial charge in [0, 0.05) is 17.5 Å². The second-order valence-corrected chi connectivity index (χ2v) is 5.58. The fourth-order valence-electron chi connectivity index (χ4n) is 1.59. The minimum atomic E-state index is -0.0171. The van der Waals surface area contributed by atoms with Gasteiger partial charge in [-0.3, -0.25) is 4.79 Å². The lowest BCUT2D eigenvalue weighted by Gasteiger charge is -2.15. The van der Waals surface area contributed by atoms with Gasteiger partial charge >= 0.3 is 0 Å². The number of aryl methyl sites for hydroxylation is 1. The Bertz CT molecular complexity index is 360. The molecule has 0 radical (unpaired) electrons. The average molecular weight is 255 g/mol. The van der Waals surface area contributed by atoms with Gasteiger partial charge in [0.1, 0.15) is 5.01 Å². The lowest BCUT2D eigenvalue weighted by atomic mass is 10.0. The highest BCUT2D eigenvalue weighted by molar-refractivity contribution is 7.11. The molecule has 0 aliphatic carbocycles. The van der Waals surface area contributed by atoms with Crippen LogP contribution >= 0.6 is 11.3 Å². The van der Waals surface area contributed by atoms with Crippen LogP contribution in [0.5, 0.6) is 0 Å². The molecule has 1 aromatic heterocycles. The van der Waals surface area contributed by atoms with E-state index in [0.717, 1.165) is 16.3 Å². The van der Waals surface area contributed by atoms with Crippen LogP contribution in [0, 0.1) is 12.8 Å². The number of thiazole rings is 1. The summed E-state index contributed by atoms with van der Waals surface area (Å²) in [5.41, 5.74) is 5.59. The molecule has 0 aliphatic rings. The Labute approximate surface area is 107 Å². The van der Waals surface area contributed by atoms with Crippen LogP contribution in [0.3, 0.4) is 0 Å². The third kappa shape index (κ3) is 4.44. The second kappa shape index (κ2) is 6.71. The summed E-state index contributed by atoms with van der Waals surface area (Å²) in [6.07, 6.45) is 3.27. The van der Waals surface area contributed by atoms with E-state index in [4.69, 9.17) is 5.73 Å². The minimum absolute atomic E-state index is 0.0171. The summed E-state index contributed by atoms with van der Waals surface area (Å²) >= 11 is 1.62. The van der Waals surface area contributed by atoms with Crippen molar-refractivity contribution >= 4 is 17.2 Å². The molecule has 0 saturated carbocycles. The van der Waals surface area contributed by atoms with Crippen LogP contribution in [-0.4, -0.2) is 17.4 Å². The van der Waals surface area contributed by atoms with Crippen LogP contribution in [0.15, 0.2) is 6.20 Å². The van der Waals surface area contributed by atoms with E-state index in [0.29, 0.717) is 13.0 Å². The normalized spacial score (nSPS) is 14.4. The third-order valence-corrected chi connectivity index (χ3v) is 3.87. The van der Waals surface area contributed by atoms with E-state index in [1.807, 2.05) is 20.0 Å². The molecule has 0 spiro atoms. The first-order valence-electron chi connectivity index (χ1n) is 5.98. The topological polar surface area (TPSA) is 68.0 Å². The molecule has 0 aliphatic heterocycles. The largest absolute Gasteiger partial charge is 0.347 e. The Balaban J connectivity index is 2.45. The Morgan fingerprint density at radius 2 is 2.35 bits per heavy atom. The number of hydrogen-bond acceptors (Lipinski definition) is 4. The summed E-state index contributed by atoms with van der Waals surface area (Å²) in [6.45, 7) is 6.59. The molecular weight excluding hydrogens is 234 g/mol. The Morgan fingerprint density at radius 3 is 2.82 bits per heavy atom. The molecule has 0 fully saturated rings. The molecular formula is C12H21N3OS. The number of hydrogen-bond donors (Lipinski definition) is 2. The third-order valence-electron chi connectivity index (χ3n) is 2.77. The Kier molecular flexibility index (Phi) is 5.58. The first kappa shape index (κ1) is 14.1. The number of rotatable bonds is 6. The molecule has 2 unspecified atom stereocenters. The molecule has 1 heterocycles. The van der Waals surface area contributed by atoms with Gasteiger partial charge in [-0.1, -0.05) is 13.3 Å². The van der Waals surface area contributed by atoms with Crippen LogP contribution in [0.25, 0.3) is 0 Å². The van der Waals surface area contributed by atoms with Gasteiger partial charge in [0.05, 0.1) is 6.04 Å². The van der Waals surface area contributed by atoms with Crippen LogP contribution in [-0.2, 0) is 4.79 Å². The summed E-state index contributed by atoms with van der Waals surface area (Å²) in [4.78, 5) is 17.2. The Hall–Kier alpha value is -0.940. The zero-order valence-corrected chi connectivity index (χ0v) is 11.5. The number of nitrogens with two attached hydrogens (primary N) is 1. The van der Waals surface area contributed by atoms with Crippen molar-refractivity contribution in [2.75, 3.05) is 6.54 Å². The van der Waals surface area contributed by atoms with Gasteiger partial charge in [-0.05, 0) is 26.3 Å². The molecule has 4 nitrogen and oxygen atoms in total. The number of nitrogens with zero attached hydrogens (tertiary/aromatic N) is 1. The maximum absolute atomic E-state index is 11.8. The first-order valence-corrected chi connectivity index (χ1v) is 6.80. The highest BCUT2D eigenvalue weighted by atomic mass is 32.1. The Morgan fingerprint density at radius 1 is 1.65 bits per heavy atom. The van der Waals surface area contributed by atoms with Crippen LogP contribution in [0.4, 0.5) is 0 Å². The smallest absolute Gasteiger partial charge is 0.220 e. The van der Waals surface area contributed by atoms with Gasteiger partial charge in [-0.25, -0.2) is 4.98 Å². The van der Waals surface area contributed by atoms with E-state index in [2.05, 4.69) is 17.2 Å². The molecule has 3 N–H and O–H groups in total. The van der Waals surface area contributed by atoms with Gasteiger partial charge in [0.25, 0.3) is 0 Å². The fraction of sp³-hybridized carbons (Fsp3) is 0.667. The molecule has 1 amide bonds. The van der Waals surface area contributed by atoms with Crippen molar-refractivity contribution in [3.05, 3.63) is 16.1 Å². The van der Waals surface area contributed by atoms with Gasteiger partial charge in [0.2, 0.25) is 5.91 Å². The van der Waals surface area contributed by atoms with Crippen molar-refractivity contribution in [3.63, 3.8) is 0 Å². The first-order chi connectivity index (χ1) is 8.06. The van der Waals surface area contributed by atoms with Crippen molar-refractivity contribution in [2.45, 2.75) is 39.7 Å². The zero-order valence-electron chi connectivity index (χ0n) is 10.7. The minimum Gasteiger partial charge on any atom is -0.347 e. The van der Waals surface area contributed by atoms with Crippen LogP contribution in [0.2, 0.25) is 0 Å². The second-order valence-electron chi connectivity index (χ2n) is 4.31. The van der Waals surface area contributed by atoms with Crippen LogP contribution in [0.1, 0.15) is 42.6 Å². The van der Waals surface area contributed by atoms with E-state index in [1.165, 1.54) is 0 Å². The van der Waals surface area contributed by atoms with E-state index in [9.17, 15) is 4.79 Å². The lowest BCUT2D eigenvalue weighted by molar-refractivity contribution is -0.122. The summed E-state index contributed by atoms with van der Waals surface area (Å²) in [7, 11) is 0. The maximum atomic E-state index is 11.8. The van der Waals surface area contributed by atoms with E-state index in [-0.39, 0.29) is 17.9 Å². The van der Waals surface area contributed by atoms with Crippen molar-refractivity contribution in [3.8, 4) is 0 Å². The number of amides is 1. The number of aromatic nitrogens is 1. The molecule has 1 aromatic rings. The summed E-state index contributed by atoms with van der Waals surface area (Å²) in [6, 6.07) is -0.0171. The molecule has 2 atom stereocenters. The fourth-order valence-corrected chi connectivity index (χ4v) is 2.37. The van der Waals surface area contributed by atoms with Crippen molar-refractivity contribution in [1.82, 2.24) is 10.3 Å². The number of nitrogens with one attached hydrogen (secondary N) is 1. The van der Waals surface area contributed by atoms with Gasteiger partial charge in [0.15, 0.2) is 0 Å². The quantitative estimate of drug-likeness (QED) is 0.817. The average Bonchev–Trinajstić information content (AvgIpc) is 2.72. The zero-order chi connectivity index (χ0) is 12.8. The molecule has 96 valence electrons. The molecule has 5 heteroatoms. The summed E-state index contributed by atoms with van der Waals surface area (Å²) in [5.74, 6) is 0.336. The van der Waals surface area contributed by atoms with Gasteiger partial charge in [-0.15, -0.1) is 11.3 Å². The highest BCUT2D eigenvalue weighted by Gasteiger charge is 2.15.